The smallest absolute Gasteiger partial charge is 0.304 e. The lowest BCUT2D eigenvalue weighted by Crippen LogP contribution is -2.48. The monoisotopic (exact) mass is 380 g/mol. The lowest BCUT2D eigenvalue weighted by atomic mass is 9.67. The molecule has 156 valence electrons. The molecule has 1 fully saturated rings. The van der Waals surface area contributed by atoms with Crippen molar-refractivity contribution in [3.05, 3.63) is 0 Å². The van der Waals surface area contributed by atoms with Gasteiger partial charge >= 0.3 is 5.97 Å². The number of ether oxygens (including phenoxy) is 1. The highest BCUT2D eigenvalue weighted by molar-refractivity contribution is 5.67. The van der Waals surface area contributed by atoms with Crippen LogP contribution < -0.4 is 0 Å². The predicted molar refractivity (Wildman–Crippen MR) is 109 cm³/mol. The number of carbonyl (C=O) groups is 1. The van der Waals surface area contributed by atoms with Crippen LogP contribution in [-0.4, -0.2) is 22.8 Å². The number of rotatable bonds is 7. The lowest BCUT2D eigenvalue weighted by Gasteiger charge is -2.44. The van der Waals surface area contributed by atoms with E-state index in [-0.39, 0.29) is 17.5 Å². The molecule has 0 saturated heterocycles. The zero-order chi connectivity index (χ0) is 20.9. The van der Waals surface area contributed by atoms with Crippen LogP contribution >= 0.6 is 0 Å². The molecule has 0 heterocycles. The molecule has 1 saturated carbocycles. The highest BCUT2D eigenvalue weighted by Gasteiger charge is 2.46. The van der Waals surface area contributed by atoms with Crippen LogP contribution in [0.25, 0.3) is 0 Å². The first-order chi connectivity index (χ1) is 12.3. The van der Waals surface area contributed by atoms with Gasteiger partial charge in [0.1, 0.15) is 0 Å². The second-order valence-electron chi connectivity index (χ2n) is 9.66. The normalized spacial score (nSPS) is 26.4. The standard InChI is InChI=1S/C23H40O4/c1-10-13-21(6,7)26-27-22(8,9)14-15-23(25-19(5)24)16-18(4)11-12-20(23)17(2)3/h17-18,20H,10-13,16H2,1-9H3. The molecule has 1 rings (SSSR count). The van der Waals surface area contributed by atoms with Gasteiger partial charge in [0.15, 0.2) is 11.2 Å². The van der Waals surface area contributed by atoms with Crippen LogP contribution in [0.5, 0.6) is 0 Å². The summed E-state index contributed by atoms with van der Waals surface area (Å²) in [5.74, 6) is 7.36. The first-order valence-corrected chi connectivity index (χ1v) is 10.4. The molecule has 1 aliphatic carbocycles. The SMILES string of the molecule is CCCC(C)(C)OOC(C)(C)C#CC1(OC(C)=O)CC(C)CCC1C(C)C. The average molecular weight is 381 g/mol. The summed E-state index contributed by atoms with van der Waals surface area (Å²) in [6.07, 6.45) is 4.84. The zero-order valence-corrected chi connectivity index (χ0v) is 18.9. The Morgan fingerprint density at radius 1 is 1.19 bits per heavy atom. The molecule has 27 heavy (non-hydrogen) atoms. The van der Waals surface area contributed by atoms with Crippen molar-refractivity contribution < 1.29 is 19.3 Å². The lowest BCUT2D eigenvalue weighted by molar-refractivity contribution is -0.389. The van der Waals surface area contributed by atoms with Crippen molar-refractivity contribution in [2.45, 2.75) is 111 Å². The van der Waals surface area contributed by atoms with Gasteiger partial charge in [-0.25, -0.2) is 9.78 Å². The third kappa shape index (κ3) is 7.47. The Kier molecular flexibility index (Phi) is 8.38. The summed E-state index contributed by atoms with van der Waals surface area (Å²) in [5.41, 5.74) is -1.90. The highest BCUT2D eigenvalue weighted by atomic mass is 17.2. The van der Waals surface area contributed by atoms with Gasteiger partial charge in [0.2, 0.25) is 0 Å². The van der Waals surface area contributed by atoms with E-state index in [1.807, 2.05) is 27.7 Å². The molecule has 0 spiro atoms. The van der Waals surface area contributed by atoms with Gasteiger partial charge in [-0.2, -0.15) is 0 Å². The summed E-state index contributed by atoms with van der Waals surface area (Å²) in [7, 11) is 0. The van der Waals surface area contributed by atoms with Gasteiger partial charge in [0, 0.05) is 19.3 Å². The molecule has 0 aliphatic heterocycles. The van der Waals surface area contributed by atoms with Gasteiger partial charge in [-0.05, 0) is 52.4 Å². The van der Waals surface area contributed by atoms with E-state index in [2.05, 4.69) is 39.5 Å². The molecule has 4 heteroatoms. The fourth-order valence-electron chi connectivity index (χ4n) is 4.02. The molecule has 0 bridgehead atoms. The Bertz CT molecular complexity index is 552. The van der Waals surface area contributed by atoms with Crippen LogP contribution in [0.2, 0.25) is 0 Å². The van der Waals surface area contributed by atoms with Crippen LogP contribution in [0.1, 0.15) is 94.4 Å². The van der Waals surface area contributed by atoms with Crippen LogP contribution in [0.3, 0.4) is 0 Å². The maximum Gasteiger partial charge on any atom is 0.304 e. The minimum atomic E-state index is -0.791. The molecule has 0 aromatic rings. The van der Waals surface area contributed by atoms with E-state index in [9.17, 15) is 4.79 Å². The minimum Gasteiger partial charge on any atom is -0.446 e. The van der Waals surface area contributed by atoms with Gasteiger partial charge in [-0.1, -0.05) is 52.4 Å². The number of hydrogen-bond acceptors (Lipinski definition) is 4. The second kappa shape index (κ2) is 9.43. The molecular formula is C23H40O4. The van der Waals surface area contributed by atoms with Crippen LogP contribution in [0, 0.1) is 29.6 Å². The Morgan fingerprint density at radius 2 is 1.81 bits per heavy atom. The maximum atomic E-state index is 11.9. The second-order valence-corrected chi connectivity index (χ2v) is 9.66. The summed E-state index contributed by atoms with van der Waals surface area (Å²) >= 11 is 0. The first kappa shape index (κ1) is 24.0. The van der Waals surface area contributed by atoms with Crippen molar-refractivity contribution in [3.8, 4) is 11.8 Å². The van der Waals surface area contributed by atoms with E-state index in [0.717, 1.165) is 32.1 Å². The van der Waals surface area contributed by atoms with Crippen molar-refractivity contribution in [2.75, 3.05) is 0 Å². The summed E-state index contributed by atoms with van der Waals surface area (Å²) < 4.78 is 5.89. The van der Waals surface area contributed by atoms with E-state index in [1.54, 1.807) is 0 Å². The quantitative estimate of drug-likeness (QED) is 0.246. The van der Waals surface area contributed by atoms with E-state index >= 15 is 0 Å². The third-order valence-electron chi connectivity index (χ3n) is 5.25. The molecule has 0 amide bonds. The van der Waals surface area contributed by atoms with E-state index in [0.29, 0.717) is 11.8 Å². The molecule has 0 radical (unpaired) electrons. The van der Waals surface area contributed by atoms with Gasteiger partial charge in [-0.15, -0.1) is 0 Å². The summed E-state index contributed by atoms with van der Waals surface area (Å²) in [6.45, 7) is 18.0. The minimum absolute atomic E-state index is 0.221. The van der Waals surface area contributed by atoms with Crippen LogP contribution in [0.4, 0.5) is 0 Å². The van der Waals surface area contributed by atoms with Crippen molar-refractivity contribution in [2.24, 2.45) is 17.8 Å². The predicted octanol–water partition coefficient (Wildman–Crippen LogP) is 5.69. The van der Waals surface area contributed by atoms with E-state index in [1.165, 1.54) is 6.92 Å². The third-order valence-corrected chi connectivity index (χ3v) is 5.25. The van der Waals surface area contributed by atoms with Crippen molar-refractivity contribution >= 4 is 5.97 Å². The average Bonchev–Trinajstić information content (AvgIpc) is 2.51. The number of carbonyl (C=O) groups excluding carboxylic acids is 1. The maximum absolute atomic E-state index is 11.9. The van der Waals surface area contributed by atoms with Gasteiger partial charge in [0.25, 0.3) is 0 Å². The largest absolute Gasteiger partial charge is 0.446 e. The molecule has 0 N–H and O–H groups in total. The topological polar surface area (TPSA) is 44.8 Å². The number of hydrogen-bond donors (Lipinski definition) is 0. The highest BCUT2D eigenvalue weighted by Crippen LogP contribution is 2.43. The number of esters is 1. The molecular weight excluding hydrogens is 340 g/mol. The Hall–Kier alpha value is -1.05. The van der Waals surface area contributed by atoms with Gasteiger partial charge in [-0.3, -0.25) is 4.79 Å². The Balaban J connectivity index is 3.10. The molecule has 3 unspecified atom stereocenters. The van der Waals surface area contributed by atoms with Crippen molar-refractivity contribution in [3.63, 3.8) is 0 Å². The molecule has 4 nitrogen and oxygen atoms in total. The van der Waals surface area contributed by atoms with E-state index < -0.39 is 11.2 Å². The van der Waals surface area contributed by atoms with Crippen molar-refractivity contribution in [1.82, 2.24) is 0 Å². The Labute approximate surface area is 166 Å². The summed E-state index contributed by atoms with van der Waals surface area (Å²) in [6, 6.07) is 0. The first-order valence-electron chi connectivity index (χ1n) is 10.4. The molecule has 0 aromatic carbocycles. The zero-order valence-electron chi connectivity index (χ0n) is 18.9. The molecule has 0 aromatic heterocycles. The fraction of sp³-hybridized carbons (Fsp3) is 0.870. The Morgan fingerprint density at radius 3 is 2.33 bits per heavy atom. The fourth-order valence-corrected chi connectivity index (χ4v) is 4.02. The van der Waals surface area contributed by atoms with Gasteiger partial charge < -0.3 is 4.74 Å². The van der Waals surface area contributed by atoms with Crippen LogP contribution in [0.15, 0.2) is 0 Å². The van der Waals surface area contributed by atoms with E-state index in [4.69, 9.17) is 14.5 Å². The molecule has 1 aliphatic rings. The summed E-state index contributed by atoms with van der Waals surface area (Å²) in [4.78, 5) is 23.3. The molecule has 3 atom stereocenters. The van der Waals surface area contributed by atoms with Crippen molar-refractivity contribution in [1.29, 1.82) is 0 Å². The van der Waals surface area contributed by atoms with Crippen LogP contribution in [-0.2, 0) is 19.3 Å². The van der Waals surface area contributed by atoms with Gasteiger partial charge in [0.05, 0.1) is 5.60 Å². The summed E-state index contributed by atoms with van der Waals surface area (Å²) in [5, 5.41) is 0.